The van der Waals surface area contributed by atoms with Crippen LogP contribution in [0, 0.1) is 0 Å². The number of hydrogen-bond donors (Lipinski definition) is 1. The number of esters is 1. The van der Waals surface area contributed by atoms with E-state index in [9.17, 15) is 18.0 Å². The van der Waals surface area contributed by atoms with Crippen molar-refractivity contribution >= 4 is 11.7 Å². The van der Waals surface area contributed by atoms with Crippen LogP contribution in [0.25, 0.3) is 0 Å². The Morgan fingerprint density at radius 2 is 1.90 bits per heavy atom. The molecular formula is C13H14F3NO3. The smallest absolute Gasteiger partial charge is 0.431 e. The van der Waals surface area contributed by atoms with Crippen LogP contribution in [0.15, 0.2) is 36.0 Å². The largest absolute Gasteiger partial charge is 0.497 e. The zero-order chi connectivity index (χ0) is 15.2. The number of carbonyl (C=O) groups excluding carboxylic acids is 1. The summed E-state index contributed by atoms with van der Waals surface area (Å²) < 4.78 is 47.7. The molecule has 0 aliphatic heterocycles. The van der Waals surface area contributed by atoms with E-state index in [0.29, 0.717) is 11.8 Å². The topological polar surface area (TPSA) is 47.6 Å². The predicted molar refractivity (Wildman–Crippen MR) is 67.4 cm³/mol. The summed E-state index contributed by atoms with van der Waals surface area (Å²) in [6.45, 7) is 1.51. The van der Waals surface area contributed by atoms with E-state index in [1.165, 1.54) is 38.3 Å². The minimum atomic E-state index is -4.69. The van der Waals surface area contributed by atoms with E-state index in [1.807, 2.05) is 0 Å². The molecule has 4 nitrogen and oxygen atoms in total. The second-order valence-corrected chi connectivity index (χ2v) is 3.66. The number of hydrogen-bond acceptors (Lipinski definition) is 4. The summed E-state index contributed by atoms with van der Waals surface area (Å²) in [6, 6.07) is 5.81. The number of carbonyl (C=O) groups is 1. The van der Waals surface area contributed by atoms with Crippen molar-refractivity contribution in [1.82, 2.24) is 0 Å². The van der Waals surface area contributed by atoms with Crippen molar-refractivity contribution in [2.75, 3.05) is 19.0 Å². The lowest BCUT2D eigenvalue weighted by atomic mass is 10.2. The van der Waals surface area contributed by atoms with Crippen molar-refractivity contribution in [3.8, 4) is 5.75 Å². The molecule has 1 rings (SSSR count). The van der Waals surface area contributed by atoms with Gasteiger partial charge in [-0.05, 0) is 31.2 Å². The van der Waals surface area contributed by atoms with Crippen LogP contribution in [0.4, 0.5) is 18.9 Å². The van der Waals surface area contributed by atoms with Gasteiger partial charge in [0.25, 0.3) is 0 Å². The van der Waals surface area contributed by atoms with Crippen LogP contribution < -0.4 is 10.1 Å². The van der Waals surface area contributed by atoms with E-state index in [2.05, 4.69) is 10.1 Å². The third kappa shape index (κ3) is 4.83. The maximum Gasteiger partial charge on any atom is 0.431 e. The second-order valence-electron chi connectivity index (χ2n) is 3.66. The lowest BCUT2D eigenvalue weighted by Gasteiger charge is -2.14. The molecule has 0 saturated heterocycles. The predicted octanol–water partition coefficient (Wildman–Crippen LogP) is 3.12. The summed E-state index contributed by atoms with van der Waals surface area (Å²) in [4.78, 5) is 11.1. The maximum atomic E-state index is 12.8. The maximum absolute atomic E-state index is 12.8. The lowest BCUT2D eigenvalue weighted by Crippen LogP contribution is -2.21. The van der Waals surface area contributed by atoms with Gasteiger partial charge in [-0.15, -0.1) is 0 Å². The molecule has 110 valence electrons. The van der Waals surface area contributed by atoms with Crippen molar-refractivity contribution in [1.29, 1.82) is 0 Å². The molecule has 0 fully saturated rings. The summed E-state index contributed by atoms with van der Waals surface area (Å²) in [7, 11) is 1.45. The van der Waals surface area contributed by atoms with Crippen molar-refractivity contribution < 1.29 is 27.4 Å². The molecule has 0 amide bonds. The molecule has 0 spiro atoms. The van der Waals surface area contributed by atoms with E-state index in [4.69, 9.17) is 4.74 Å². The normalized spacial score (nSPS) is 11.9. The molecule has 0 unspecified atom stereocenters. The molecule has 0 atom stereocenters. The Labute approximate surface area is 114 Å². The first kappa shape index (κ1) is 15.9. The number of alkyl halides is 3. The number of rotatable bonds is 5. The zero-order valence-electron chi connectivity index (χ0n) is 11.0. The Morgan fingerprint density at radius 3 is 2.35 bits per heavy atom. The van der Waals surface area contributed by atoms with Gasteiger partial charge in [-0.25, -0.2) is 4.79 Å². The van der Waals surface area contributed by atoms with Crippen LogP contribution in [0.3, 0.4) is 0 Å². The van der Waals surface area contributed by atoms with Crippen molar-refractivity contribution in [3.63, 3.8) is 0 Å². The van der Waals surface area contributed by atoms with E-state index in [1.54, 1.807) is 0 Å². The van der Waals surface area contributed by atoms with Crippen LogP contribution in [0.5, 0.6) is 5.75 Å². The number of nitrogens with one attached hydrogen (secondary N) is 1. The van der Waals surface area contributed by atoms with Gasteiger partial charge in [0.05, 0.1) is 19.8 Å². The van der Waals surface area contributed by atoms with Crippen molar-refractivity contribution in [2.45, 2.75) is 13.1 Å². The third-order valence-electron chi connectivity index (χ3n) is 2.22. The van der Waals surface area contributed by atoms with Crippen LogP contribution in [0.2, 0.25) is 0 Å². The molecule has 0 aliphatic rings. The highest BCUT2D eigenvalue weighted by Crippen LogP contribution is 2.27. The van der Waals surface area contributed by atoms with Crippen LogP contribution in [-0.4, -0.2) is 25.9 Å². The first-order valence-electron chi connectivity index (χ1n) is 5.73. The lowest BCUT2D eigenvalue weighted by molar-refractivity contribution is -0.138. The fourth-order valence-corrected chi connectivity index (χ4v) is 1.32. The Balaban J connectivity index is 2.92. The van der Waals surface area contributed by atoms with Gasteiger partial charge >= 0.3 is 12.1 Å². The summed E-state index contributed by atoms with van der Waals surface area (Å²) in [5.74, 6) is -0.542. The summed E-state index contributed by atoms with van der Waals surface area (Å²) >= 11 is 0. The molecule has 20 heavy (non-hydrogen) atoms. The molecule has 1 N–H and O–H groups in total. The van der Waals surface area contributed by atoms with E-state index < -0.39 is 17.8 Å². The molecule has 1 aromatic rings. The number of halogens is 3. The summed E-state index contributed by atoms with van der Waals surface area (Å²) in [5.41, 5.74) is -1.01. The van der Waals surface area contributed by atoms with E-state index in [-0.39, 0.29) is 12.3 Å². The van der Waals surface area contributed by atoms with Gasteiger partial charge in [0.2, 0.25) is 0 Å². The van der Waals surface area contributed by atoms with Gasteiger partial charge in [-0.2, -0.15) is 13.2 Å². The molecular weight excluding hydrogens is 275 g/mol. The zero-order valence-corrected chi connectivity index (χ0v) is 11.0. The van der Waals surface area contributed by atoms with Gasteiger partial charge < -0.3 is 14.8 Å². The van der Waals surface area contributed by atoms with Gasteiger partial charge in [0, 0.05) is 5.69 Å². The first-order valence-corrected chi connectivity index (χ1v) is 5.73. The molecule has 0 radical (unpaired) electrons. The Kier molecular flexibility index (Phi) is 5.42. The van der Waals surface area contributed by atoms with E-state index in [0.717, 1.165) is 0 Å². The molecule has 0 bridgehead atoms. The van der Waals surface area contributed by atoms with Crippen LogP contribution in [-0.2, 0) is 9.53 Å². The number of anilines is 1. The molecule has 0 heterocycles. The Morgan fingerprint density at radius 1 is 1.30 bits per heavy atom. The fraction of sp³-hybridized carbons (Fsp3) is 0.308. The molecule has 7 heteroatoms. The average molecular weight is 289 g/mol. The van der Waals surface area contributed by atoms with Crippen molar-refractivity contribution in [2.24, 2.45) is 0 Å². The highest BCUT2D eigenvalue weighted by atomic mass is 19.4. The fourth-order valence-electron chi connectivity index (χ4n) is 1.32. The molecule has 1 aromatic carbocycles. The third-order valence-corrected chi connectivity index (χ3v) is 2.22. The standard InChI is InChI=1S/C13H14F3NO3/c1-3-20-12(18)8-11(13(14,15)16)17-9-4-6-10(19-2)7-5-9/h4-8,17H,3H2,1-2H3/b11-8+. The van der Waals surface area contributed by atoms with E-state index >= 15 is 0 Å². The van der Waals surface area contributed by atoms with Gasteiger partial charge in [0.1, 0.15) is 11.4 Å². The summed E-state index contributed by atoms with van der Waals surface area (Å²) in [6.07, 6.45) is -4.31. The van der Waals surface area contributed by atoms with Gasteiger partial charge in [-0.1, -0.05) is 0 Å². The number of allylic oxidation sites excluding steroid dienone is 1. The van der Waals surface area contributed by atoms with Crippen LogP contribution in [0.1, 0.15) is 6.92 Å². The van der Waals surface area contributed by atoms with Gasteiger partial charge in [0.15, 0.2) is 0 Å². The number of methoxy groups -OCH3 is 1. The highest BCUT2D eigenvalue weighted by Gasteiger charge is 2.35. The van der Waals surface area contributed by atoms with Gasteiger partial charge in [-0.3, -0.25) is 0 Å². The first-order chi connectivity index (χ1) is 9.36. The quantitative estimate of drug-likeness (QED) is 0.668. The Bertz CT molecular complexity index is 481. The minimum absolute atomic E-state index is 0.00298. The molecule has 0 aromatic heterocycles. The SMILES string of the molecule is CCOC(=O)/C=C(/Nc1ccc(OC)cc1)C(F)(F)F. The second kappa shape index (κ2) is 6.83. The van der Waals surface area contributed by atoms with Crippen molar-refractivity contribution in [3.05, 3.63) is 36.0 Å². The monoisotopic (exact) mass is 289 g/mol. The molecule has 0 saturated carbocycles. The highest BCUT2D eigenvalue weighted by molar-refractivity contribution is 5.83. The summed E-state index contributed by atoms with van der Waals surface area (Å²) in [5, 5.41) is 2.14. The molecule has 0 aliphatic carbocycles. The minimum Gasteiger partial charge on any atom is -0.497 e. The Hall–Kier alpha value is -2.18. The average Bonchev–Trinajstić information content (AvgIpc) is 2.38. The number of ether oxygens (including phenoxy) is 2. The van der Waals surface area contributed by atoms with Crippen LogP contribution >= 0.6 is 0 Å². The number of benzene rings is 1.